The van der Waals surface area contributed by atoms with E-state index >= 15 is 0 Å². The van der Waals surface area contributed by atoms with Crippen molar-refractivity contribution in [3.63, 3.8) is 0 Å². The highest BCUT2D eigenvalue weighted by Gasteiger charge is 2.34. The molecular formula is C8H2Cl2F3N. The van der Waals surface area contributed by atoms with Crippen molar-refractivity contribution in [2.45, 2.75) is 6.18 Å². The van der Waals surface area contributed by atoms with Crippen molar-refractivity contribution in [3.8, 4) is 6.07 Å². The molecule has 6 heteroatoms. The third-order valence-corrected chi connectivity index (χ3v) is 1.99. The zero-order valence-electron chi connectivity index (χ0n) is 6.49. The summed E-state index contributed by atoms with van der Waals surface area (Å²) >= 11 is 10.8. The lowest BCUT2D eigenvalue weighted by Crippen LogP contribution is -2.08. The zero-order chi connectivity index (χ0) is 10.9. The maximum atomic E-state index is 12.3. The molecule has 0 saturated heterocycles. The van der Waals surface area contributed by atoms with Crippen LogP contribution in [0.25, 0.3) is 0 Å². The van der Waals surface area contributed by atoms with Gasteiger partial charge in [0.2, 0.25) is 0 Å². The van der Waals surface area contributed by atoms with Crippen LogP contribution in [0.1, 0.15) is 11.1 Å². The minimum absolute atomic E-state index is 0.152. The van der Waals surface area contributed by atoms with E-state index < -0.39 is 17.3 Å². The topological polar surface area (TPSA) is 23.8 Å². The second-order valence-electron chi connectivity index (χ2n) is 2.42. The average molecular weight is 240 g/mol. The summed E-state index contributed by atoms with van der Waals surface area (Å²) in [6, 6.07) is 3.15. The number of benzene rings is 1. The highest BCUT2D eigenvalue weighted by atomic mass is 35.5. The Morgan fingerprint density at radius 3 is 2.21 bits per heavy atom. The van der Waals surface area contributed by atoms with Gasteiger partial charge in [-0.1, -0.05) is 23.2 Å². The van der Waals surface area contributed by atoms with Crippen LogP contribution in [0.2, 0.25) is 10.0 Å². The molecule has 0 aliphatic heterocycles. The van der Waals surface area contributed by atoms with E-state index in [0.717, 1.165) is 6.07 Å². The summed E-state index contributed by atoms with van der Waals surface area (Å²) < 4.78 is 37.0. The highest BCUT2D eigenvalue weighted by Crippen LogP contribution is 2.36. The van der Waals surface area contributed by atoms with E-state index in [9.17, 15) is 13.2 Å². The first-order valence-electron chi connectivity index (χ1n) is 3.32. The van der Waals surface area contributed by atoms with Crippen molar-refractivity contribution in [2.75, 3.05) is 0 Å². The number of hydrogen-bond acceptors (Lipinski definition) is 1. The molecule has 0 amide bonds. The van der Waals surface area contributed by atoms with Crippen LogP contribution in [-0.4, -0.2) is 0 Å². The number of rotatable bonds is 0. The van der Waals surface area contributed by atoms with Crippen molar-refractivity contribution in [1.82, 2.24) is 0 Å². The van der Waals surface area contributed by atoms with Gasteiger partial charge in [0.15, 0.2) is 0 Å². The molecule has 0 unspecified atom stereocenters. The lowest BCUT2D eigenvalue weighted by Gasteiger charge is -2.09. The molecule has 1 aromatic rings. The maximum absolute atomic E-state index is 12.3. The molecule has 0 N–H and O–H groups in total. The molecule has 0 aliphatic rings. The molecule has 0 fully saturated rings. The fraction of sp³-hybridized carbons (Fsp3) is 0.125. The van der Waals surface area contributed by atoms with Gasteiger partial charge in [-0.25, -0.2) is 0 Å². The molecule has 14 heavy (non-hydrogen) atoms. The van der Waals surface area contributed by atoms with Gasteiger partial charge in [0.25, 0.3) is 0 Å². The minimum Gasteiger partial charge on any atom is -0.192 e. The smallest absolute Gasteiger partial charge is 0.192 e. The van der Waals surface area contributed by atoms with Gasteiger partial charge in [-0.15, -0.1) is 0 Å². The third-order valence-electron chi connectivity index (χ3n) is 1.47. The number of halogens is 5. The van der Waals surface area contributed by atoms with Gasteiger partial charge in [-0.3, -0.25) is 0 Å². The summed E-state index contributed by atoms with van der Waals surface area (Å²) in [4.78, 5) is 0. The van der Waals surface area contributed by atoms with Crippen molar-refractivity contribution < 1.29 is 13.2 Å². The lowest BCUT2D eigenvalue weighted by molar-refractivity contribution is -0.137. The van der Waals surface area contributed by atoms with Crippen LogP contribution >= 0.6 is 23.2 Å². The van der Waals surface area contributed by atoms with Crippen molar-refractivity contribution in [1.29, 1.82) is 5.26 Å². The molecule has 0 atom stereocenters. The van der Waals surface area contributed by atoms with Crippen LogP contribution in [0.3, 0.4) is 0 Å². The fourth-order valence-electron chi connectivity index (χ4n) is 0.911. The first-order chi connectivity index (χ1) is 6.36. The van der Waals surface area contributed by atoms with Crippen LogP contribution in [0.15, 0.2) is 12.1 Å². The number of alkyl halides is 3. The first-order valence-corrected chi connectivity index (χ1v) is 4.08. The van der Waals surface area contributed by atoms with E-state index in [1.165, 1.54) is 6.07 Å². The Balaban J connectivity index is 3.50. The second-order valence-corrected chi connectivity index (χ2v) is 3.26. The monoisotopic (exact) mass is 239 g/mol. The Morgan fingerprint density at radius 2 is 1.79 bits per heavy atom. The number of hydrogen-bond donors (Lipinski definition) is 0. The largest absolute Gasteiger partial charge is 0.417 e. The lowest BCUT2D eigenvalue weighted by atomic mass is 10.1. The molecule has 0 spiro atoms. The van der Waals surface area contributed by atoms with Crippen LogP contribution < -0.4 is 0 Å². The summed E-state index contributed by atoms with van der Waals surface area (Å²) in [7, 11) is 0. The molecule has 0 bridgehead atoms. The predicted molar refractivity (Wildman–Crippen MR) is 46.2 cm³/mol. The molecule has 0 aromatic heterocycles. The van der Waals surface area contributed by atoms with Gasteiger partial charge in [-0.2, -0.15) is 18.4 Å². The summed E-state index contributed by atoms with van der Waals surface area (Å²) in [5.41, 5.74) is -1.72. The third kappa shape index (κ3) is 2.11. The van der Waals surface area contributed by atoms with Gasteiger partial charge in [-0.05, 0) is 12.1 Å². The van der Waals surface area contributed by atoms with Crippen LogP contribution in [0.5, 0.6) is 0 Å². The molecule has 1 aromatic carbocycles. The van der Waals surface area contributed by atoms with Crippen molar-refractivity contribution in [2.24, 2.45) is 0 Å². The Morgan fingerprint density at radius 1 is 1.21 bits per heavy atom. The number of nitrogens with zero attached hydrogens (tertiary/aromatic N) is 1. The van der Waals surface area contributed by atoms with E-state index in [-0.39, 0.29) is 10.0 Å². The Labute approximate surface area is 87.7 Å². The van der Waals surface area contributed by atoms with E-state index in [1.54, 1.807) is 0 Å². The quantitative estimate of drug-likeness (QED) is 0.674. The van der Waals surface area contributed by atoms with Gasteiger partial charge < -0.3 is 0 Å². The fourth-order valence-corrected chi connectivity index (χ4v) is 1.45. The van der Waals surface area contributed by atoms with Gasteiger partial charge >= 0.3 is 6.18 Å². The number of nitriles is 1. The summed E-state index contributed by atoms with van der Waals surface area (Å²) in [6.45, 7) is 0. The normalized spacial score (nSPS) is 11.1. The maximum Gasteiger partial charge on any atom is 0.417 e. The van der Waals surface area contributed by atoms with E-state index in [2.05, 4.69) is 0 Å². The summed E-state index contributed by atoms with van der Waals surface area (Å²) in [5.74, 6) is 0. The van der Waals surface area contributed by atoms with E-state index in [1.807, 2.05) is 0 Å². The average Bonchev–Trinajstić information content (AvgIpc) is 2.01. The molecule has 1 nitrogen and oxygen atoms in total. The van der Waals surface area contributed by atoms with Gasteiger partial charge in [0.1, 0.15) is 6.07 Å². The SMILES string of the molecule is N#Cc1c(Cl)cc(Cl)cc1C(F)(F)F. The summed E-state index contributed by atoms with van der Waals surface area (Å²) in [6.07, 6.45) is -4.63. The zero-order valence-corrected chi connectivity index (χ0v) is 8.00. The van der Waals surface area contributed by atoms with Crippen LogP contribution in [0, 0.1) is 11.3 Å². The van der Waals surface area contributed by atoms with Crippen LogP contribution in [0.4, 0.5) is 13.2 Å². The van der Waals surface area contributed by atoms with E-state index in [0.29, 0.717) is 6.07 Å². The van der Waals surface area contributed by atoms with Crippen molar-refractivity contribution >= 4 is 23.2 Å². The minimum atomic E-state index is -4.63. The molecule has 1 rings (SSSR count). The first kappa shape index (κ1) is 11.2. The molecule has 74 valence electrons. The van der Waals surface area contributed by atoms with E-state index in [4.69, 9.17) is 28.5 Å². The van der Waals surface area contributed by atoms with Crippen molar-refractivity contribution in [3.05, 3.63) is 33.3 Å². The molecular weight excluding hydrogens is 238 g/mol. The summed E-state index contributed by atoms with van der Waals surface area (Å²) in [5, 5.41) is 8.03. The molecule has 0 aliphatic carbocycles. The Kier molecular flexibility index (Phi) is 2.93. The molecule has 0 heterocycles. The molecule has 0 saturated carbocycles. The van der Waals surface area contributed by atoms with Crippen LogP contribution in [-0.2, 0) is 6.18 Å². The Bertz CT molecular complexity index is 406. The highest BCUT2D eigenvalue weighted by molar-refractivity contribution is 6.35. The van der Waals surface area contributed by atoms with Gasteiger partial charge in [0.05, 0.1) is 16.1 Å². The standard InChI is InChI=1S/C8H2Cl2F3N/c9-4-1-6(8(11,12)13)5(3-14)7(10)2-4/h1-2H. The Hall–Kier alpha value is -0.920. The van der Waals surface area contributed by atoms with Gasteiger partial charge in [0, 0.05) is 5.02 Å². The predicted octanol–water partition coefficient (Wildman–Crippen LogP) is 3.88. The second kappa shape index (κ2) is 3.68. The molecule has 0 radical (unpaired) electrons.